The molecule has 0 saturated carbocycles. The van der Waals surface area contributed by atoms with Crippen molar-refractivity contribution < 1.29 is 4.74 Å². The Labute approximate surface area is 124 Å². The van der Waals surface area contributed by atoms with E-state index in [9.17, 15) is 0 Å². The van der Waals surface area contributed by atoms with Gasteiger partial charge < -0.3 is 10.1 Å². The zero-order valence-corrected chi connectivity index (χ0v) is 12.1. The van der Waals surface area contributed by atoms with Gasteiger partial charge in [0.05, 0.1) is 0 Å². The fourth-order valence-corrected chi connectivity index (χ4v) is 2.72. The molecule has 0 aliphatic carbocycles. The van der Waals surface area contributed by atoms with Crippen LogP contribution in [0.1, 0.15) is 12.8 Å². The van der Waals surface area contributed by atoms with Crippen molar-refractivity contribution in [3.8, 4) is 16.9 Å². The third-order valence-corrected chi connectivity index (χ3v) is 3.81. The number of benzene rings is 2. The average Bonchev–Trinajstić information content (AvgIpc) is 2.51. The third kappa shape index (κ3) is 3.14. The Kier molecular flexibility index (Phi) is 4.24. The van der Waals surface area contributed by atoms with Crippen LogP contribution in [0.2, 0.25) is 5.02 Å². The van der Waals surface area contributed by atoms with E-state index < -0.39 is 0 Å². The molecule has 1 aliphatic heterocycles. The van der Waals surface area contributed by atoms with Crippen molar-refractivity contribution in [2.75, 3.05) is 13.1 Å². The second kappa shape index (κ2) is 6.29. The molecule has 1 aliphatic rings. The van der Waals surface area contributed by atoms with E-state index in [-0.39, 0.29) is 6.10 Å². The second-order valence-corrected chi connectivity index (χ2v) is 5.53. The molecule has 0 amide bonds. The SMILES string of the molecule is Clc1ccc(OC2CCCNC2)c(-c2ccccc2)c1. The maximum absolute atomic E-state index is 6.17. The fraction of sp³-hybridized carbons (Fsp3) is 0.294. The lowest BCUT2D eigenvalue weighted by Crippen LogP contribution is -2.37. The summed E-state index contributed by atoms with van der Waals surface area (Å²) < 4.78 is 6.17. The van der Waals surface area contributed by atoms with Gasteiger partial charge in [0.1, 0.15) is 11.9 Å². The first-order valence-corrected chi connectivity index (χ1v) is 7.43. The van der Waals surface area contributed by atoms with Gasteiger partial charge in [0.25, 0.3) is 0 Å². The fourth-order valence-electron chi connectivity index (χ4n) is 2.55. The second-order valence-electron chi connectivity index (χ2n) is 5.09. The molecule has 1 N–H and O–H groups in total. The lowest BCUT2D eigenvalue weighted by atomic mass is 10.0. The predicted molar refractivity (Wildman–Crippen MR) is 83.4 cm³/mol. The van der Waals surface area contributed by atoms with Crippen LogP contribution in [0, 0.1) is 0 Å². The highest BCUT2D eigenvalue weighted by Crippen LogP contribution is 2.33. The van der Waals surface area contributed by atoms with Crippen molar-refractivity contribution in [2.24, 2.45) is 0 Å². The zero-order valence-electron chi connectivity index (χ0n) is 11.3. The smallest absolute Gasteiger partial charge is 0.127 e. The molecule has 1 heterocycles. The molecule has 0 bridgehead atoms. The molecule has 2 aromatic rings. The first-order valence-electron chi connectivity index (χ1n) is 7.05. The molecule has 0 radical (unpaired) electrons. The van der Waals surface area contributed by atoms with Gasteiger partial charge in [-0.15, -0.1) is 0 Å². The van der Waals surface area contributed by atoms with Crippen LogP contribution in [-0.2, 0) is 0 Å². The summed E-state index contributed by atoms with van der Waals surface area (Å²) in [7, 11) is 0. The van der Waals surface area contributed by atoms with Gasteiger partial charge in [-0.2, -0.15) is 0 Å². The van der Waals surface area contributed by atoms with E-state index in [2.05, 4.69) is 17.4 Å². The minimum absolute atomic E-state index is 0.243. The van der Waals surface area contributed by atoms with Crippen molar-refractivity contribution in [1.29, 1.82) is 0 Å². The van der Waals surface area contributed by atoms with Crippen molar-refractivity contribution in [3.05, 3.63) is 53.6 Å². The van der Waals surface area contributed by atoms with Crippen LogP contribution in [0.15, 0.2) is 48.5 Å². The summed E-state index contributed by atoms with van der Waals surface area (Å²) in [4.78, 5) is 0. The normalized spacial score (nSPS) is 18.8. The number of piperidine rings is 1. The molecule has 2 nitrogen and oxygen atoms in total. The van der Waals surface area contributed by atoms with Gasteiger partial charge in [0.15, 0.2) is 0 Å². The monoisotopic (exact) mass is 287 g/mol. The highest BCUT2D eigenvalue weighted by atomic mass is 35.5. The minimum Gasteiger partial charge on any atom is -0.488 e. The first kappa shape index (κ1) is 13.5. The van der Waals surface area contributed by atoms with Crippen molar-refractivity contribution in [3.63, 3.8) is 0 Å². The van der Waals surface area contributed by atoms with Crippen LogP contribution in [0.25, 0.3) is 11.1 Å². The Bertz CT molecular complexity index is 564. The Morgan fingerprint density at radius 3 is 2.70 bits per heavy atom. The molecule has 3 rings (SSSR count). The maximum atomic E-state index is 6.17. The molecule has 2 aromatic carbocycles. The van der Waals surface area contributed by atoms with Crippen LogP contribution in [-0.4, -0.2) is 19.2 Å². The van der Waals surface area contributed by atoms with E-state index in [0.717, 1.165) is 41.4 Å². The van der Waals surface area contributed by atoms with E-state index in [1.54, 1.807) is 0 Å². The van der Waals surface area contributed by atoms with Crippen LogP contribution >= 0.6 is 11.6 Å². The summed E-state index contributed by atoms with van der Waals surface area (Å²) in [5, 5.41) is 4.11. The maximum Gasteiger partial charge on any atom is 0.127 e. The number of ether oxygens (including phenoxy) is 1. The van der Waals surface area contributed by atoms with Gasteiger partial charge in [-0.1, -0.05) is 41.9 Å². The Morgan fingerprint density at radius 1 is 1.10 bits per heavy atom. The Hall–Kier alpha value is -1.51. The van der Waals surface area contributed by atoms with E-state index in [1.807, 2.05) is 36.4 Å². The Morgan fingerprint density at radius 2 is 1.95 bits per heavy atom. The van der Waals surface area contributed by atoms with Crippen molar-refractivity contribution >= 4 is 11.6 Å². The molecule has 1 atom stereocenters. The summed E-state index contributed by atoms with van der Waals surface area (Å²) in [5.74, 6) is 0.911. The predicted octanol–water partition coefficient (Wildman–Crippen LogP) is 4.14. The molecule has 1 saturated heterocycles. The molecule has 104 valence electrons. The highest BCUT2D eigenvalue weighted by molar-refractivity contribution is 6.31. The van der Waals surface area contributed by atoms with Crippen LogP contribution in [0.4, 0.5) is 0 Å². The summed E-state index contributed by atoms with van der Waals surface area (Å²) in [6, 6.07) is 16.1. The van der Waals surface area contributed by atoms with Crippen LogP contribution < -0.4 is 10.1 Å². The van der Waals surface area contributed by atoms with Crippen molar-refractivity contribution in [1.82, 2.24) is 5.32 Å². The average molecular weight is 288 g/mol. The van der Waals surface area contributed by atoms with Gasteiger partial charge in [-0.3, -0.25) is 0 Å². The van der Waals surface area contributed by atoms with E-state index in [1.165, 1.54) is 6.42 Å². The quantitative estimate of drug-likeness (QED) is 0.916. The first-order chi connectivity index (χ1) is 9.83. The Balaban J connectivity index is 1.90. The summed E-state index contributed by atoms with van der Waals surface area (Å²) in [6.45, 7) is 2.00. The van der Waals surface area contributed by atoms with Gasteiger partial charge in [-0.05, 0) is 43.1 Å². The van der Waals surface area contributed by atoms with Gasteiger partial charge in [0, 0.05) is 17.1 Å². The standard InChI is InChI=1S/C17H18ClNO/c18-14-8-9-17(20-15-7-4-10-19-12-15)16(11-14)13-5-2-1-3-6-13/h1-3,5-6,8-9,11,15,19H,4,7,10,12H2. The molecule has 0 spiro atoms. The number of rotatable bonds is 3. The molecular formula is C17H18ClNO. The lowest BCUT2D eigenvalue weighted by molar-refractivity contribution is 0.168. The molecule has 20 heavy (non-hydrogen) atoms. The largest absolute Gasteiger partial charge is 0.488 e. The number of halogens is 1. The number of nitrogens with one attached hydrogen (secondary N) is 1. The van der Waals surface area contributed by atoms with Gasteiger partial charge in [0.2, 0.25) is 0 Å². The van der Waals surface area contributed by atoms with E-state index in [4.69, 9.17) is 16.3 Å². The third-order valence-electron chi connectivity index (χ3n) is 3.57. The van der Waals surface area contributed by atoms with Gasteiger partial charge in [-0.25, -0.2) is 0 Å². The molecule has 0 aromatic heterocycles. The van der Waals surface area contributed by atoms with E-state index >= 15 is 0 Å². The van der Waals surface area contributed by atoms with Crippen LogP contribution in [0.3, 0.4) is 0 Å². The minimum atomic E-state index is 0.243. The molecular weight excluding hydrogens is 270 g/mol. The number of hydrogen-bond donors (Lipinski definition) is 1. The summed E-state index contributed by atoms with van der Waals surface area (Å²) in [5.41, 5.74) is 2.19. The van der Waals surface area contributed by atoms with Crippen LogP contribution in [0.5, 0.6) is 5.75 Å². The van der Waals surface area contributed by atoms with E-state index in [0.29, 0.717) is 0 Å². The zero-order chi connectivity index (χ0) is 13.8. The summed E-state index contributed by atoms with van der Waals surface area (Å²) in [6.07, 6.45) is 2.51. The van der Waals surface area contributed by atoms with Crippen molar-refractivity contribution in [2.45, 2.75) is 18.9 Å². The molecule has 3 heteroatoms. The summed E-state index contributed by atoms with van der Waals surface area (Å²) >= 11 is 6.14. The topological polar surface area (TPSA) is 21.3 Å². The highest BCUT2D eigenvalue weighted by Gasteiger charge is 2.16. The molecule has 1 unspecified atom stereocenters. The lowest BCUT2D eigenvalue weighted by Gasteiger charge is -2.25. The molecule has 1 fully saturated rings. The van der Waals surface area contributed by atoms with Gasteiger partial charge >= 0.3 is 0 Å². The number of hydrogen-bond acceptors (Lipinski definition) is 2.